The summed E-state index contributed by atoms with van der Waals surface area (Å²) in [4.78, 5) is 117. The number of amides is 7. The number of Topliss-reactive ketones (excluding diaryl/α,β-unsaturated/α-hetero) is 1. The van der Waals surface area contributed by atoms with Gasteiger partial charge in [-0.2, -0.15) is 0 Å². The molecule has 0 spiro atoms. The van der Waals surface area contributed by atoms with Crippen molar-refractivity contribution in [3.05, 3.63) is 106 Å². The van der Waals surface area contributed by atoms with Crippen LogP contribution < -0.4 is 31.9 Å². The Balaban J connectivity index is 0.889. The number of nitrogens with zero attached hydrogens (tertiary/aromatic N) is 2. The lowest BCUT2D eigenvalue weighted by Gasteiger charge is -2.33. The zero-order chi connectivity index (χ0) is 55.0. The van der Waals surface area contributed by atoms with E-state index in [-0.39, 0.29) is 109 Å². The highest BCUT2D eigenvalue weighted by Crippen LogP contribution is 2.37. The zero-order valence-corrected chi connectivity index (χ0v) is 46.2. The van der Waals surface area contributed by atoms with E-state index in [1.807, 2.05) is 44.2 Å². The average molecular weight is 1070 g/mol. The minimum absolute atomic E-state index is 0.0441. The summed E-state index contributed by atoms with van der Waals surface area (Å²) in [5.74, 6) is -3.00. The summed E-state index contributed by atoms with van der Waals surface area (Å²) < 4.78 is 0. The number of likely N-dealkylation sites (N-methyl/N-ethyl adjacent to an activating group) is 1. The van der Waals surface area contributed by atoms with E-state index in [9.17, 15) is 38.4 Å². The lowest BCUT2D eigenvalue weighted by molar-refractivity contribution is -0.143. The Morgan fingerprint density at radius 2 is 1.05 bits per heavy atom. The van der Waals surface area contributed by atoms with Gasteiger partial charge in [-0.3, -0.25) is 38.4 Å². The van der Waals surface area contributed by atoms with Gasteiger partial charge in [0.25, 0.3) is 5.91 Å². The molecule has 16 heteroatoms. The molecule has 6 aliphatic rings. The van der Waals surface area contributed by atoms with Crippen LogP contribution in [0.25, 0.3) is 0 Å². The van der Waals surface area contributed by atoms with Crippen LogP contribution in [0.3, 0.4) is 0 Å². The highest BCUT2D eigenvalue weighted by Gasteiger charge is 2.47. The van der Waals surface area contributed by atoms with Crippen molar-refractivity contribution < 1.29 is 38.4 Å². The molecule has 6 N–H and O–H groups in total. The molecule has 7 amide bonds. The summed E-state index contributed by atoms with van der Waals surface area (Å²) in [6, 6.07) is 17.8. The second kappa shape index (κ2) is 25.6. The van der Waals surface area contributed by atoms with E-state index in [1.54, 1.807) is 48.0 Å². The fourth-order valence-corrected chi connectivity index (χ4v) is 13.4. The molecule has 418 valence electrons. The van der Waals surface area contributed by atoms with Crippen molar-refractivity contribution in [2.45, 2.75) is 185 Å². The summed E-state index contributed by atoms with van der Waals surface area (Å²) in [7, 11) is 1.69. The van der Waals surface area contributed by atoms with Crippen molar-refractivity contribution in [2.24, 2.45) is 23.7 Å². The third-order valence-corrected chi connectivity index (χ3v) is 18.3. The van der Waals surface area contributed by atoms with Gasteiger partial charge in [0, 0.05) is 42.6 Å². The average Bonchev–Trinajstić information content (AvgIpc) is 4.34. The van der Waals surface area contributed by atoms with Crippen molar-refractivity contribution in [1.82, 2.24) is 41.7 Å². The van der Waals surface area contributed by atoms with Crippen molar-refractivity contribution in [3.8, 4) is 0 Å². The molecular weight excluding hydrogens is 985 g/mol. The van der Waals surface area contributed by atoms with Gasteiger partial charge in [-0.25, -0.2) is 0 Å². The molecule has 2 aliphatic heterocycles. The molecule has 0 bridgehead atoms. The smallest absolute Gasteiger partial charge is 0.251 e. The molecule has 4 fully saturated rings. The third kappa shape index (κ3) is 12.9. The quantitative estimate of drug-likeness (QED) is 0.0716. The van der Waals surface area contributed by atoms with Crippen LogP contribution >= 0.6 is 0 Å². The molecule has 10 atom stereocenters. The van der Waals surface area contributed by atoms with E-state index in [1.165, 1.54) is 11.1 Å². The minimum Gasteiger partial charge on any atom is -0.347 e. The van der Waals surface area contributed by atoms with Crippen LogP contribution in [-0.2, 0) is 41.6 Å². The highest BCUT2D eigenvalue weighted by atomic mass is 16.2. The first kappa shape index (κ1) is 56.3. The highest BCUT2D eigenvalue weighted by molar-refractivity contribution is 6.00. The number of nitrogens with one attached hydrogen (secondary N) is 6. The Morgan fingerprint density at radius 1 is 0.564 bits per heavy atom. The number of rotatable bonds is 19. The number of benzene rings is 3. The van der Waals surface area contributed by atoms with Crippen LogP contribution in [0.4, 0.5) is 0 Å². The molecule has 2 saturated carbocycles. The normalized spacial score (nSPS) is 24.7. The van der Waals surface area contributed by atoms with E-state index < -0.39 is 42.2 Å². The van der Waals surface area contributed by atoms with Crippen LogP contribution in [0.2, 0.25) is 0 Å². The summed E-state index contributed by atoms with van der Waals surface area (Å²) in [5.41, 5.74) is 5.22. The number of carbonyl (C=O) groups is 8. The molecule has 2 heterocycles. The first-order valence-electron chi connectivity index (χ1n) is 29.3. The van der Waals surface area contributed by atoms with Gasteiger partial charge in [0.05, 0.1) is 18.1 Å². The predicted molar refractivity (Wildman–Crippen MR) is 297 cm³/mol. The van der Waals surface area contributed by atoms with Crippen LogP contribution in [-0.4, -0.2) is 113 Å². The molecule has 9 rings (SSSR count). The molecule has 3 aromatic rings. The fourth-order valence-electron chi connectivity index (χ4n) is 13.4. The van der Waals surface area contributed by atoms with E-state index in [2.05, 4.69) is 50.1 Å². The van der Waals surface area contributed by atoms with Crippen LogP contribution in [0, 0.1) is 23.7 Å². The maximum Gasteiger partial charge on any atom is 0.251 e. The number of hydrogen-bond acceptors (Lipinski definition) is 9. The Labute approximate surface area is 460 Å². The number of carbonyl (C=O) groups excluding carboxylic acids is 8. The van der Waals surface area contributed by atoms with Gasteiger partial charge in [-0.05, 0) is 150 Å². The number of aryl methyl sites for hydroxylation is 2. The monoisotopic (exact) mass is 1070 g/mol. The molecule has 78 heavy (non-hydrogen) atoms. The number of likely N-dealkylation sites (tertiary alicyclic amines) is 2. The molecule has 0 aromatic heterocycles. The Kier molecular flexibility index (Phi) is 18.5. The van der Waals surface area contributed by atoms with Crippen LogP contribution in [0.1, 0.15) is 179 Å². The molecule has 0 unspecified atom stereocenters. The van der Waals surface area contributed by atoms with Crippen molar-refractivity contribution >= 4 is 47.1 Å². The van der Waals surface area contributed by atoms with Crippen molar-refractivity contribution in [2.75, 3.05) is 20.1 Å². The maximum atomic E-state index is 14.8. The molecule has 4 aliphatic carbocycles. The Bertz CT molecular complexity index is 2500. The van der Waals surface area contributed by atoms with Crippen molar-refractivity contribution in [3.63, 3.8) is 0 Å². The summed E-state index contributed by atoms with van der Waals surface area (Å²) >= 11 is 0. The van der Waals surface area contributed by atoms with Gasteiger partial charge in [0.2, 0.25) is 35.4 Å². The molecule has 3 aromatic carbocycles. The Morgan fingerprint density at radius 3 is 1.58 bits per heavy atom. The number of ketones is 1. The zero-order valence-electron chi connectivity index (χ0n) is 46.2. The van der Waals surface area contributed by atoms with Gasteiger partial charge in [-0.15, -0.1) is 0 Å². The SMILES string of the molecule is CC[C@@H](C)C(=O)N[C@H](C(=O)N1C[C@@H](CC(=O)c2ccc(C(=O)N[C@H]3C[C@@H](C(=O)N[C@@H]4CCCc5ccccc54)N(C(=O)[C@@H](NC(=O)[C@H](C)NC)C4CCCC4)C3)cc2)C[C@H]1C(=O)N[C@@H]1CCCc2ccccc21)C1CCCC1. The molecular formula is C62H82N8O8. The largest absolute Gasteiger partial charge is 0.347 e. The second-order valence-electron chi connectivity index (χ2n) is 23.4. The van der Waals surface area contributed by atoms with E-state index >= 15 is 0 Å². The van der Waals surface area contributed by atoms with E-state index in [4.69, 9.17) is 0 Å². The van der Waals surface area contributed by atoms with Crippen LogP contribution in [0.5, 0.6) is 0 Å². The molecule has 0 radical (unpaired) electrons. The topological polar surface area (TPSA) is 215 Å². The number of fused-ring (bicyclic) bond motifs is 2. The molecule has 16 nitrogen and oxygen atoms in total. The lowest BCUT2D eigenvalue weighted by Crippen LogP contribution is -2.58. The Hall–Kier alpha value is -6.42. The first-order chi connectivity index (χ1) is 37.7. The fraction of sp³-hybridized carbons (Fsp3) is 0.581. The lowest BCUT2D eigenvalue weighted by atomic mass is 9.87. The van der Waals surface area contributed by atoms with Gasteiger partial charge >= 0.3 is 0 Å². The predicted octanol–water partition coefficient (Wildman–Crippen LogP) is 6.57. The maximum absolute atomic E-state index is 14.8. The summed E-state index contributed by atoms with van der Waals surface area (Å²) in [6.07, 6.45) is 13.4. The van der Waals surface area contributed by atoms with E-state index in [0.29, 0.717) is 17.5 Å². The first-order valence-corrected chi connectivity index (χ1v) is 29.3. The van der Waals surface area contributed by atoms with Gasteiger partial charge < -0.3 is 41.7 Å². The minimum atomic E-state index is -0.895. The number of hydrogen-bond donors (Lipinski definition) is 6. The van der Waals surface area contributed by atoms with Crippen LogP contribution in [0.15, 0.2) is 72.8 Å². The van der Waals surface area contributed by atoms with Crippen molar-refractivity contribution in [1.29, 1.82) is 0 Å². The summed E-state index contributed by atoms with van der Waals surface area (Å²) in [5, 5.41) is 18.7. The second-order valence-corrected chi connectivity index (χ2v) is 23.4. The van der Waals surface area contributed by atoms with Gasteiger partial charge in [0.1, 0.15) is 24.2 Å². The van der Waals surface area contributed by atoms with E-state index in [0.717, 1.165) is 101 Å². The standard InChI is InChI=1S/C62H82N8O8/c1-5-37(2)56(72)67-54(43-18-6-7-19-43)61(77)69-35-39(32-51(69)59(75)65-49-26-14-22-40-16-10-12-24-47(40)49)33-53(71)42-28-30-45(31-29-42)58(74)64-46-34-52(60(76)66-50-27-15-23-41-17-11-13-25-48(41)50)70(36-46)62(78)55(44-20-8-9-21-44)68-57(73)38(3)63-4/h10-13,16-17,24-25,28-31,37-39,43-44,46,49-52,54-55,63H,5-9,14-15,18-23,26-27,32-36H2,1-4H3,(H,64,74)(H,65,75)(H,66,76)(H,67,72)(H,68,73)/t37-,38+,39-,46+,49-,50-,51+,52+,54+,55+/m1/s1. The van der Waals surface area contributed by atoms with Gasteiger partial charge in [-0.1, -0.05) is 100 Å². The molecule has 2 saturated heterocycles. The van der Waals surface area contributed by atoms with Gasteiger partial charge in [0.15, 0.2) is 5.78 Å². The summed E-state index contributed by atoms with van der Waals surface area (Å²) in [6.45, 7) is 5.79. The third-order valence-electron chi connectivity index (χ3n) is 18.3.